The average molecular weight is 282 g/mol. The van der Waals surface area contributed by atoms with E-state index >= 15 is 0 Å². The van der Waals surface area contributed by atoms with Gasteiger partial charge >= 0.3 is 0 Å². The van der Waals surface area contributed by atoms with Crippen molar-refractivity contribution in [3.63, 3.8) is 0 Å². The van der Waals surface area contributed by atoms with E-state index in [0.717, 1.165) is 12.0 Å². The lowest BCUT2D eigenvalue weighted by molar-refractivity contribution is -0.133. The molecule has 84 valence electrons. The summed E-state index contributed by atoms with van der Waals surface area (Å²) in [6, 6.07) is 10.1. The van der Waals surface area contributed by atoms with E-state index in [1.165, 1.54) is 0 Å². The Morgan fingerprint density at radius 3 is 2.81 bits per heavy atom. The number of amides is 1. The lowest BCUT2D eigenvalue weighted by Gasteiger charge is -2.22. The van der Waals surface area contributed by atoms with Gasteiger partial charge in [0.1, 0.15) is 0 Å². The highest BCUT2D eigenvalue weighted by Gasteiger charge is 2.47. The monoisotopic (exact) mass is 281 g/mol. The van der Waals surface area contributed by atoms with E-state index in [1.54, 1.807) is 0 Å². The summed E-state index contributed by atoms with van der Waals surface area (Å²) in [7, 11) is 0. The molecule has 3 nitrogen and oxygen atoms in total. The number of hydrogen-bond donors (Lipinski definition) is 0. The number of carbonyl (C=O) groups excluding carboxylic acids is 1. The summed E-state index contributed by atoms with van der Waals surface area (Å²) in [5.74, 6) is 0.149. The molecule has 0 radical (unpaired) electrons. The maximum atomic E-state index is 12.0. The van der Waals surface area contributed by atoms with Gasteiger partial charge in [-0.05, 0) is 6.42 Å². The number of rotatable bonds is 1. The molecule has 2 fully saturated rings. The molecule has 16 heavy (non-hydrogen) atoms. The molecule has 0 aromatic heterocycles. The Morgan fingerprint density at radius 2 is 2.06 bits per heavy atom. The second-order valence-electron chi connectivity index (χ2n) is 4.20. The first kappa shape index (κ1) is 10.3. The Morgan fingerprint density at radius 1 is 1.31 bits per heavy atom. The van der Waals surface area contributed by atoms with Crippen LogP contribution in [0.15, 0.2) is 30.3 Å². The number of hydrogen-bond acceptors (Lipinski definition) is 2. The summed E-state index contributed by atoms with van der Waals surface area (Å²) in [6.07, 6.45) is 0.656. The fourth-order valence-electron chi connectivity index (χ4n) is 2.41. The highest BCUT2D eigenvalue weighted by atomic mass is 79.9. The van der Waals surface area contributed by atoms with E-state index < -0.39 is 0 Å². The number of carbonyl (C=O) groups is 1. The molecule has 3 atom stereocenters. The van der Waals surface area contributed by atoms with Crippen molar-refractivity contribution in [1.29, 1.82) is 0 Å². The van der Waals surface area contributed by atoms with Gasteiger partial charge in [0.25, 0.3) is 0 Å². The summed E-state index contributed by atoms with van der Waals surface area (Å²) in [5.41, 5.74) is 1.06. The third-order valence-corrected chi connectivity index (χ3v) is 3.94. The molecule has 0 bridgehead atoms. The van der Waals surface area contributed by atoms with Crippen LogP contribution in [0.2, 0.25) is 0 Å². The lowest BCUT2D eigenvalue weighted by atomic mass is 10.2. The normalized spacial score (nSPS) is 33.2. The highest BCUT2D eigenvalue weighted by Crippen LogP contribution is 2.39. The van der Waals surface area contributed by atoms with E-state index in [-0.39, 0.29) is 23.0 Å². The summed E-state index contributed by atoms with van der Waals surface area (Å²) in [4.78, 5) is 13.8. The van der Waals surface area contributed by atoms with Gasteiger partial charge in [-0.2, -0.15) is 0 Å². The second-order valence-corrected chi connectivity index (χ2v) is 5.30. The molecule has 0 saturated carbocycles. The molecule has 3 rings (SSSR count). The van der Waals surface area contributed by atoms with Gasteiger partial charge in [0.05, 0.1) is 17.5 Å². The van der Waals surface area contributed by atoms with Crippen LogP contribution < -0.4 is 0 Å². The Hall–Kier alpha value is -0.870. The highest BCUT2D eigenvalue weighted by molar-refractivity contribution is 9.10. The molecule has 2 aliphatic heterocycles. The van der Waals surface area contributed by atoms with Crippen LogP contribution in [0.5, 0.6) is 0 Å². The standard InChI is InChI=1S/C12H12BrNO2/c13-10-6-9-7-16-12(14(9)11(10)15)8-4-2-1-3-5-8/h1-5,9-10,12H,6-7H2/t9-,10-,12-/m0/s1. The van der Waals surface area contributed by atoms with Crippen LogP contribution in [0.4, 0.5) is 0 Å². The summed E-state index contributed by atoms with van der Waals surface area (Å²) in [5, 5.41) is 0. The molecular weight excluding hydrogens is 270 g/mol. The SMILES string of the molecule is O=C1[C@@H](Br)C[C@H]2CO[C@@H](c3ccccc3)N12. The molecule has 0 N–H and O–H groups in total. The number of fused-ring (bicyclic) bond motifs is 1. The number of benzene rings is 1. The van der Waals surface area contributed by atoms with Crippen LogP contribution in [0.3, 0.4) is 0 Å². The van der Waals surface area contributed by atoms with Crippen molar-refractivity contribution in [2.24, 2.45) is 0 Å². The average Bonchev–Trinajstić information content (AvgIpc) is 2.83. The molecule has 0 unspecified atom stereocenters. The van der Waals surface area contributed by atoms with Crippen LogP contribution >= 0.6 is 15.9 Å². The first-order chi connectivity index (χ1) is 7.77. The van der Waals surface area contributed by atoms with Gasteiger partial charge in [0.2, 0.25) is 5.91 Å². The number of nitrogens with zero attached hydrogens (tertiary/aromatic N) is 1. The molecule has 2 heterocycles. The van der Waals surface area contributed by atoms with Gasteiger partial charge in [0.15, 0.2) is 6.23 Å². The lowest BCUT2D eigenvalue weighted by Crippen LogP contribution is -2.32. The Balaban J connectivity index is 1.91. The van der Waals surface area contributed by atoms with Crippen LogP contribution in [-0.2, 0) is 9.53 Å². The minimum absolute atomic E-state index is 0.0346. The fourth-order valence-corrected chi connectivity index (χ4v) is 3.08. The minimum Gasteiger partial charge on any atom is -0.352 e. The van der Waals surface area contributed by atoms with Gasteiger partial charge < -0.3 is 9.64 Å². The van der Waals surface area contributed by atoms with Crippen LogP contribution in [0, 0.1) is 0 Å². The van der Waals surface area contributed by atoms with E-state index in [9.17, 15) is 4.79 Å². The van der Waals surface area contributed by atoms with Gasteiger partial charge in [-0.15, -0.1) is 0 Å². The Kier molecular flexibility index (Phi) is 2.48. The van der Waals surface area contributed by atoms with E-state index in [1.807, 2.05) is 35.2 Å². The Labute approximate surface area is 103 Å². The molecular formula is C12H12BrNO2. The van der Waals surface area contributed by atoms with Crippen LogP contribution in [0.1, 0.15) is 18.2 Å². The number of alkyl halides is 1. The fraction of sp³-hybridized carbons (Fsp3) is 0.417. The number of ether oxygens (including phenoxy) is 1. The van der Waals surface area contributed by atoms with Crippen molar-refractivity contribution in [2.75, 3.05) is 6.61 Å². The first-order valence-electron chi connectivity index (χ1n) is 5.40. The van der Waals surface area contributed by atoms with Gasteiger partial charge in [-0.25, -0.2) is 0 Å². The molecule has 1 aromatic rings. The largest absolute Gasteiger partial charge is 0.352 e. The number of halogens is 1. The van der Waals surface area contributed by atoms with E-state index in [0.29, 0.717) is 6.61 Å². The smallest absolute Gasteiger partial charge is 0.239 e. The predicted molar refractivity (Wildman–Crippen MR) is 63.1 cm³/mol. The van der Waals surface area contributed by atoms with Crippen LogP contribution in [0.25, 0.3) is 0 Å². The molecule has 2 aliphatic rings. The molecule has 4 heteroatoms. The van der Waals surface area contributed by atoms with Crippen molar-refractivity contribution in [3.05, 3.63) is 35.9 Å². The van der Waals surface area contributed by atoms with Crippen molar-refractivity contribution < 1.29 is 9.53 Å². The summed E-state index contributed by atoms with van der Waals surface area (Å²) < 4.78 is 5.71. The van der Waals surface area contributed by atoms with Gasteiger partial charge in [-0.3, -0.25) is 4.79 Å². The molecule has 1 aromatic carbocycles. The summed E-state index contributed by atoms with van der Waals surface area (Å²) in [6.45, 7) is 0.646. The minimum atomic E-state index is -0.193. The van der Waals surface area contributed by atoms with Crippen molar-refractivity contribution in [1.82, 2.24) is 4.90 Å². The van der Waals surface area contributed by atoms with Crippen molar-refractivity contribution in [2.45, 2.75) is 23.5 Å². The predicted octanol–water partition coefficient (Wildman–Crippen LogP) is 2.08. The maximum Gasteiger partial charge on any atom is 0.239 e. The Bertz CT molecular complexity index is 409. The topological polar surface area (TPSA) is 29.5 Å². The molecule has 1 amide bonds. The zero-order valence-electron chi connectivity index (χ0n) is 8.67. The van der Waals surface area contributed by atoms with Gasteiger partial charge in [0, 0.05) is 5.56 Å². The van der Waals surface area contributed by atoms with E-state index in [2.05, 4.69) is 15.9 Å². The zero-order valence-corrected chi connectivity index (χ0v) is 10.3. The zero-order chi connectivity index (χ0) is 11.1. The third kappa shape index (κ3) is 1.48. The molecule has 0 spiro atoms. The first-order valence-corrected chi connectivity index (χ1v) is 6.32. The quantitative estimate of drug-likeness (QED) is 0.738. The maximum absolute atomic E-state index is 12.0. The molecule has 2 saturated heterocycles. The van der Waals surface area contributed by atoms with Crippen molar-refractivity contribution in [3.8, 4) is 0 Å². The van der Waals surface area contributed by atoms with E-state index in [4.69, 9.17) is 4.74 Å². The molecule has 0 aliphatic carbocycles. The van der Waals surface area contributed by atoms with Crippen LogP contribution in [-0.4, -0.2) is 28.3 Å². The van der Waals surface area contributed by atoms with Crippen molar-refractivity contribution >= 4 is 21.8 Å². The second kappa shape index (κ2) is 3.86. The third-order valence-electron chi connectivity index (χ3n) is 3.18. The summed E-state index contributed by atoms with van der Waals surface area (Å²) >= 11 is 3.41. The van der Waals surface area contributed by atoms with Gasteiger partial charge in [-0.1, -0.05) is 46.3 Å².